The Balaban J connectivity index is 3.12. The third-order valence-corrected chi connectivity index (χ3v) is 2.33. The molecule has 7 heteroatoms. The number of urea groups is 1. The van der Waals surface area contributed by atoms with E-state index < -0.39 is 0 Å². The average molecular weight is 287 g/mol. The number of amidine groups is 1. The first kappa shape index (κ1) is 12.3. The normalized spacial score (nSPS) is 11.0. The smallest absolute Gasteiger partial charge is 0.318 e. The molecule has 0 atom stereocenters. The van der Waals surface area contributed by atoms with Gasteiger partial charge in [-0.3, -0.25) is 0 Å². The maximum absolute atomic E-state index is 11.2. The van der Waals surface area contributed by atoms with Gasteiger partial charge in [-0.1, -0.05) is 21.1 Å². The number of hydrogen-bond donors (Lipinski definition) is 4. The van der Waals surface area contributed by atoms with Crippen molar-refractivity contribution < 1.29 is 10.0 Å². The van der Waals surface area contributed by atoms with Gasteiger partial charge in [0.1, 0.15) is 0 Å². The minimum Gasteiger partial charge on any atom is -0.409 e. The van der Waals surface area contributed by atoms with Crippen molar-refractivity contribution in [2.45, 2.75) is 0 Å². The first-order chi connectivity index (χ1) is 7.58. The molecule has 0 spiro atoms. The van der Waals surface area contributed by atoms with E-state index in [4.69, 9.17) is 10.9 Å². The molecule has 5 N–H and O–H groups in total. The standard InChI is InChI=1S/C9H11BrN4O2/c1-12-9(15)13-7-3-2-5(10)4-6(7)8(11)14-16/h2-4,16H,1H3,(H2,11,14)(H2,12,13,15). The van der Waals surface area contributed by atoms with E-state index in [0.717, 1.165) is 4.47 Å². The molecule has 0 aliphatic heterocycles. The van der Waals surface area contributed by atoms with Crippen molar-refractivity contribution in [1.82, 2.24) is 5.32 Å². The molecular weight excluding hydrogens is 276 g/mol. The Hall–Kier alpha value is -1.76. The number of benzene rings is 1. The fraction of sp³-hybridized carbons (Fsp3) is 0.111. The molecular formula is C9H11BrN4O2. The summed E-state index contributed by atoms with van der Waals surface area (Å²) in [5.41, 5.74) is 6.38. The van der Waals surface area contributed by atoms with Crippen molar-refractivity contribution in [1.29, 1.82) is 0 Å². The van der Waals surface area contributed by atoms with Crippen LogP contribution in [0, 0.1) is 0 Å². The van der Waals surface area contributed by atoms with Gasteiger partial charge in [-0.2, -0.15) is 0 Å². The molecule has 1 aromatic carbocycles. The number of nitrogens with one attached hydrogen (secondary N) is 2. The number of carbonyl (C=O) groups excluding carboxylic acids is 1. The molecule has 16 heavy (non-hydrogen) atoms. The second-order valence-electron chi connectivity index (χ2n) is 2.88. The van der Waals surface area contributed by atoms with Crippen LogP contribution in [0.1, 0.15) is 5.56 Å². The van der Waals surface area contributed by atoms with Crippen molar-refractivity contribution >= 4 is 33.5 Å². The molecule has 0 saturated heterocycles. The summed E-state index contributed by atoms with van der Waals surface area (Å²) >= 11 is 3.26. The van der Waals surface area contributed by atoms with E-state index in [0.29, 0.717) is 11.3 Å². The van der Waals surface area contributed by atoms with Crippen LogP contribution in [-0.4, -0.2) is 24.1 Å². The number of carbonyl (C=O) groups is 1. The lowest BCUT2D eigenvalue weighted by Gasteiger charge is -2.10. The SMILES string of the molecule is CNC(=O)Nc1ccc(Br)cc1/C(N)=N/O. The molecule has 0 aliphatic rings. The zero-order valence-corrected chi connectivity index (χ0v) is 10.1. The molecule has 0 aromatic heterocycles. The predicted octanol–water partition coefficient (Wildman–Crippen LogP) is 1.29. The first-order valence-corrected chi connectivity index (χ1v) is 5.14. The molecule has 6 nitrogen and oxygen atoms in total. The molecule has 1 rings (SSSR count). The van der Waals surface area contributed by atoms with E-state index in [1.165, 1.54) is 7.05 Å². The highest BCUT2D eigenvalue weighted by molar-refractivity contribution is 9.10. The number of nitrogens with two attached hydrogens (primary N) is 1. The average Bonchev–Trinajstić information content (AvgIpc) is 2.30. The quantitative estimate of drug-likeness (QED) is 0.285. The number of hydrogen-bond acceptors (Lipinski definition) is 3. The molecule has 0 saturated carbocycles. The van der Waals surface area contributed by atoms with E-state index in [-0.39, 0.29) is 11.9 Å². The largest absolute Gasteiger partial charge is 0.409 e. The number of halogens is 1. The minimum absolute atomic E-state index is 0.0762. The highest BCUT2D eigenvalue weighted by Crippen LogP contribution is 2.20. The highest BCUT2D eigenvalue weighted by Gasteiger charge is 2.09. The van der Waals surface area contributed by atoms with E-state index in [1.807, 2.05) is 0 Å². The molecule has 0 unspecified atom stereocenters. The number of amides is 2. The minimum atomic E-state index is -0.380. The van der Waals surface area contributed by atoms with Crippen LogP contribution >= 0.6 is 15.9 Å². The second-order valence-corrected chi connectivity index (χ2v) is 3.79. The van der Waals surface area contributed by atoms with Crippen molar-refractivity contribution in [2.75, 3.05) is 12.4 Å². The lowest BCUT2D eigenvalue weighted by molar-refractivity contribution is 0.254. The Morgan fingerprint density at radius 3 is 2.81 bits per heavy atom. The number of anilines is 1. The summed E-state index contributed by atoms with van der Waals surface area (Å²) in [6.45, 7) is 0. The Bertz CT molecular complexity index is 434. The molecule has 0 aliphatic carbocycles. The maximum Gasteiger partial charge on any atom is 0.318 e. The molecule has 1 aromatic rings. The van der Waals surface area contributed by atoms with Gasteiger partial charge in [0.05, 0.1) is 5.69 Å². The van der Waals surface area contributed by atoms with Gasteiger partial charge in [0, 0.05) is 17.1 Å². The number of oxime groups is 1. The van der Waals surface area contributed by atoms with E-state index >= 15 is 0 Å². The Morgan fingerprint density at radius 2 is 2.25 bits per heavy atom. The van der Waals surface area contributed by atoms with Gasteiger partial charge >= 0.3 is 6.03 Å². The van der Waals surface area contributed by atoms with Crippen LogP contribution < -0.4 is 16.4 Å². The Labute approximate surface area is 101 Å². The Morgan fingerprint density at radius 1 is 1.56 bits per heavy atom. The molecule has 86 valence electrons. The molecule has 2 amide bonds. The molecule has 0 heterocycles. The summed E-state index contributed by atoms with van der Waals surface area (Å²) in [7, 11) is 1.50. The van der Waals surface area contributed by atoms with Crippen LogP contribution in [0.3, 0.4) is 0 Å². The van der Waals surface area contributed by atoms with E-state index in [1.54, 1.807) is 18.2 Å². The third kappa shape index (κ3) is 2.86. The Kier molecular flexibility index (Phi) is 4.12. The van der Waals surface area contributed by atoms with Gasteiger partial charge in [0.25, 0.3) is 0 Å². The van der Waals surface area contributed by atoms with E-state index in [2.05, 4.69) is 31.7 Å². The lowest BCUT2D eigenvalue weighted by Crippen LogP contribution is -2.26. The van der Waals surface area contributed by atoms with Crippen molar-refractivity contribution in [3.05, 3.63) is 28.2 Å². The monoisotopic (exact) mass is 286 g/mol. The third-order valence-electron chi connectivity index (χ3n) is 1.84. The summed E-state index contributed by atoms with van der Waals surface area (Å²) in [4.78, 5) is 11.2. The van der Waals surface area contributed by atoms with Crippen LogP contribution in [-0.2, 0) is 0 Å². The van der Waals surface area contributed by atoms with Gasteiger partial charge in [-0.15, -0.1) is 0 Å². The topological polar surface area (TPSA) is 99.7 Å². The van der Waals surface area contributed by atoms with Crippen molar-refractivity contribution in [2.24, 2.45) is 10.9 Å². The zero-order chi connectivity index (χ0) is 12.1. The van der Waals surface area contributed by atoms with Gasteiger partial charge in [-0.05, 0) is 18.2 Å². The molecule has 0 fully saturated rings. The molecule has 0 radical (unpaired) electrons. The van der Waals surface area contributed by atoms with Crippen LogP contribution in [0.2, 0.25) is 0 Å². The summed E-state index contributed by atoms with van der Waals surface area (Å²) in [6.07, 6.45) is 0. The zero-order valence-electron chi connectivity index (χ0n) is 8.49. The first-order valence-electron chi connectivity index (χ1n) is 4.34. The summed E-state index contributed by atoms with van der Waals surface area (Å²) in [5.74, 6) is -0.0762. The summed E-state index contributed by atoms with van der Waals surface area (Å²) in [5, 5.41) is 16.5. The number of rotatable bonds is 2. The second kappa shape index (κ2) is 5.36. The van der Waals surface area contributed by atoms with E-state index in [9.17, 15) is 4.79 Å². The predicted molar refractivity (Wildman–Crippen MR) is 64.7 cm³/mol. The fourth-order valence-electron chi connectivity index (χ4n) is 1.08. The summed E-state index contributed by atoms with van der Waals surface area (Å²) < 4.78 is 0.761. The van der Waals surface area contributed by atoms with Crippen LogP contribution in [0.4, 0.5) is 10.5 Å². The number of nitrogens with zero attached hydrogens (tertiary/aromatic N) is 1. The molecule has 0 bridgehead atoms. The summed E-state index contributed by atoms with van der Waals surface area (Å²) in [6, 6.07) is 4.64. The lowest BCUT2D eigenvalue weighted by atomic mass is 10.1. The van der Waals surface area contributed by atoms with Gasteiger partial charge in [-0.25, -0.2) is 4.79 Å². The van der Waals surface area contributed by atoms with Crippen molar-refractivity contribution in [3.8, 4) is 0 Å². The van der Waals surface area contributed by atoms with Crippen LogP contribution in [0.5, 0.6) is 0 Å². The fourth-order valence-corrected chi connectivity index (χ4v) is 1.44. The van der Waals surface area contributed by atoms with Crippen LogP contribution in [0.25, 0.3) is 0 Å². The van der Waals surface area contributed by atoms with Gasteiger partial charge < -0.3 is 21.6 Å². The van der Waals surface area contributed by atoms with Gasteiger partial charge in [0.15, 0.2) is 5.84 Å². The maximum atomic E-state index is 11.2. The van der Waals surface area contributed by atoms with Crippen LogP contribution in [0.15, 0.2) is 27.8 Å². The van der Waals surface area contributed by atoms with Gasteiger partial charge in [0.2, 0.25) is 0 Å². The highest BCUT2D eigenvalue weighted by atomic mass is 79.9. The van der Waals surface area contributed by atoms with Crippen molar-refractivity contribution in [3.63, 3.8) is 0 Å².